The molecule has 1 heterocycles. The van der Waals surface area contributed by atoms with Gasteiger partial charge in [-0.25, -0.2) is 4.98 Å². The minimum absolute atomic E-state index is 0.479. The SMILES string of the molecule is N#Cc1ccc(NCc2ncc[nH]2)cc1N. The maximum Gasteiger partial charge on any atom is 0.125 e. The normalized spacial score (nSPS) is 9.69. The highest BCUT2D eigenvalue weighted by atomic mass is 15.0. The van der Waals surface area contributed by atoms with Crippen LogP contribution in [0.2, 0.25) is 0 Å². The zero-order valence-electron chi connectivity index (χ0n) is 8.57. The third kappa shape index (κ3) is 2.12. The Balaban J connectivity index is 2.06. The summed E-state index contributed by atoms with van der Waals surface area (Å²) in [5.41, 5.74) is 7.53. The molecule has 5 heteroatoms. The lowest BCUT2D eigenvalue weighted by atomic mass is 10.2. The van der Waals surface area contributed by atoms with Gasteiger partial charge in [0.2, 0.25) is 0 Å². The number of H-pyrrole nitrogens is 1. The molecular formula is C11H11N5. The van der Waals surface area contributed by atoms with Gasteiger partial charge < -0.3 is 16.0 Å². The number of nitrogens with zero attached hydrogens (tertiary/aromatic N) is 2. The van der Waals surface area contributed by atoms with Crippen LogP contribution in [0.5, 0.6) is 0 Å². The van der Waals surface area contributed by atoms with Crippen molar-refractivity contribution in [2.75, 3.05) is 11.1 Å². The number of nitrogens with one attached hydrogen (secondary N) is 2. The van der Waals surface area contributed by atoms with Crippen molar-refractivity contribution >= 4 is 11.4 Å². The van der Waals surface area contributed by atoms with Crippen LogP contribution in [-0.2, 0) is 6.54 Å². The quantitative estimate of drug-likeness (QED) is 0.673. The van der Waals surface area contributed by atoms with Gasteiger partial charge >= 0.3 is 0 Å². The number of aromatic amines is 1. The summed E-state index contributed by atoms with van der Waals surface area (Å²) in [7, 11) is 0. The maximum atomic E-state index is 8.72. The molecule has 0 radical (unpaired) electrons. The number of nitrogen functional groups attached to an aromatic ring is 1. The zero-order valence-corrected chi connectivity index (χ0v) is 8.57. The molecule has 0 amide bonds. The highest BCUT2D eigenvalue weighted by Gasteiger charge is 2.00. The van der Waals surface area contributed by atoms with Crippen molar-refractivity contribution in [3.05, 3.63) is 42.0 Å². The van der Waals surface area contributed by atoms with Crippen LogP contribution in [0.3, 0.4) is 0 Å². The molecule has 0 aliphatic rings. The summed E-state index contributed by atoms with van der Waals surface area (Å²) in [6.45, 7) is 0.596. The number of hydrogen-bond donors (Lipinski definition) is 3. The molecule has 0 saturated carbocycles. The van der Waals surface area contributed by atoms with Crippen LogP contribution in [-0.4, -0.2) is 9.97 Å². The topological polar surface area (TPSA) is 90.5 Å². The van der Waals surface area contributed by atoms with Crippen LogP contribution in [0.4, 0.5) is 11.4 Å². The molecule has 1 aromatic carbocycles. The van der Waals surface area contributed by atoms with E-state index in [1.807, 2.05) is 12.1 Å². The molecule has 5 nitrogen and oxygen atoms in total. The van der Waals surface area contributed by atoms with Gasteiger partial charge in [-0.2, -0.15) is 5.26 Å². The number of imidazole rings is 1. The highest BCUT2D eigenvalue weighted by molar-refractivity contribution is 5.62. The first-order valence-electron chi connectivity index (χ1n) is 4.81. The van der Waals surface area contributed by atoms with Crippen molar-refractivity contribution in [2.45, 2.75) is 6.54 Å². The Morgan fingerprint density at radius 2 is 2.38 bits per heavy atom. The lowest BCUT2D eigenvalue weighted by Crippen LogP contribution is -2.02. The third-order valence-electron chi connectivity index (χ3n) is 2.19. The molecule has 0 bridgehead atoms. The first-order valence-corrected chi connectivity index (χ1v) is 4.81. The van der Waals surface area contributed by atoms with E-state index in [1.165, 1.54) is 0 Å². The first-order chi connectivity index (χ1) is 7.79. The maximum absolute atomic E-state index is 8.72. The minimum Gasteiger partial charge on any atom is -0.398 e. The van der Waals surface area contributed by atoms with E-state index in [9.17, 15) is 0 Å². The van der Waals surface area contributed by atoms with Crippen LogP contribution in [0.25, 0.3) is 0 Å². The van der Waals surface area contributed by atoms with Crippen LogP contribution in [0.1, 0.15) is 11.4 Å². The zero-order chi connectivity index (χ0) is 11.4. The summed E-state index contributed by atoms with van der Waals surface area (Å²) < 4.78 is 0. The molecule has 0 saturated heterocycles. The molecule has 0 atom stereocenters. The van der Waals surface area contributed by atoms with Crippen molar-refractivity contribution in [1.82, 2.24) is 9.97 Å². The fraction of sp³-hybridized carbons (Fsp3) is 0.0909. The van der Waals surface area contributed by atoms with Crippen molar-refractivity contribution in [3.63, 3.8) is 0 Å². The molecule has 16 heavy (non-hydrogen) atoms. The van der Waals surface area contributed by atoms with Crippen molar-refractivity contribution < 1.29 is 0 Å². The fourth-order valence-electron chi connectivity index (χ4n) is 1.35. The second-order valence-corrected chi connectivity index (χ2v) is 3.30. The molecule has 0 aliphatic heterocycles. The van der Waals surface area contributed by atoms with E-state index < -0.39 is 0 Å². The largest absolute Gasteiger partial charge is 0.398 e. The predicted molar refractivity (Wildman–Crippen MR) is 61.5 cm³/mol. The van der Waals surface area contributed by atoms with Gasteiger partial charge in [0.15, 0.2) is 0 Å². The Hall–Kier alpha value is -2.48. The second-order valence-electron chi connectivity index (χ2n) is 3.30. The Morgan fingerprint density at radius 1 is 1.50 bits per heavy atom. The number of nitriles is 1. The van der Waals surface area contributed by atoms with Gasteiger partial charge in [-0.1, -0.05) is 0 Å². The molecule has 2 rings (SSSR count). The number of nitrogens with two attached hydrogens (primary N) is 1. The monoisotopic (exact) mass is 213 g/mol. The van der Waals surface area contributed by atoms with Crippen LogP contribution in [0.15, 0.2) is 30.6 Å². The highest BCUT2D eigenvalue weighted by Crippen LogP contribution is 2.17. The Morgan fingerprint density at radius 3 is 3.00 bits per heavy atom. The number of benzene rings is 1. The summed E-state index contributed by atoms with van der Waals surface area (Å²) in [5.74, 6) is 0.850. The number of hydrogen-bond acceptors (Lipinski definition) is 4. The summed E-state index contributed by atoms with van der Waals surface area (Å²) >= 11 is 0. The van der Waals surface area contributed by atoms with E-state index in [4.69, 9.17) is 11.0 Å². The van der Waals surface area contributed by atoms with Gasteiger partial charge in [0.05, 0.1) is 17.8 Å². The number of anilines is 2. The summed E-state index contributed by atoms with van der Waals surface area (Å²) in [6, 6.07) is 7.27. The molecule has 0 fully saturated rings. The average Bonchev–Trinajstić information content (AvgIpc) is 2.79. The van der Waals surface area contributed by atoms with E-state index in [2.05, 4.69) is 15.3 Å². The van der Waals surface area contributed by atoms with Gasteiger partial charge in [-0.15, -0.1) is 0 Å². The predicted octanol–water partition coefficient (Wildman–Crippen LogP) is 1.48. The standard InChI is InChI=1S/C11H11N5/c12-6-8-1-2-9(5-10(8)13)16-7-11-14-3-4-15-11/h1-5,16H,7,13H2,(H,14,15). The molecule has 0 aliphatic carbocycles. The molecule has 1 aromatic heterocycles. The molecule has 4 N–H and O–H groups in total. The summed E-state index contributed by atoms with van der Waals surface area (Å²) in [5, 5.41) is 11.9. The molecule has 0 spiro atoms. The number of rotatable bonds is 3. The smallest absolute Gasteiger partial charge is 0.125 e. The molecule has 2 aromatic rings. The molecular weight excluding hydrogens is 202 g/mol. The van der Waals surface area contributed by atoms with Crippen LogP contribution in [0, 0.1) is 11.3 Å². The summed E-state index contributed by atoms with van der Waals surface area (Å²) in [6.07, 6.45) is 3.47. The van der Waals surface area contributed by atoms with Crippen molar-refractivity contribution in [2.24, 2.45) is 0 Å². The molecule has 80 valence electrons. The van der Waals surface area contributed by atoms with Gasteiger partial charge in [0.1, 0.15) is 11.9 Å². The minimum atomic E-state index is 0.479. The third-order valence-corrected chi connectivity index (χ3v) is 2.19. The summed E-state index contributed by atoms with van der Waals surface area (Å²) in [4.78, 5) is 7.07. The van der Waals surface area contributed by atoms with Crippen LogP contribution >= 0.6 is 0 Å². The van der Waals surface area contributed by atoms with E-state index in [-0.39, 0.29) is 0 Å². The van der Waals surface area contributed by atoms with Gasteiger partial charge in [0, 0.05) is 18.1 Å². The average molecular weight is 213 g/mol. The van der Waals surface area contributed by atoms with E-state index >= 15 is 0 Å². The molecule has 0 unspecified atom stereocenters. The Bertz CT molecular complexity index is 510. The lowest BCUT2D eigenvalue weighted by molar-refractivity contribution is 1.00. The first kappa shape index (κ1) is 10.1. The lowest BCUT2D eigenvalue weighted by Gasteiger charge is -2.06. The Labute approximate surface area is 92.9 Å². The van der Waals surface area contributed by atoms with Gasteiger partial charge in [0.25, 0.3) is 0 Å². The van der Waals surface area contributed by atoms with Crippen molar-refractivity contribution in [3.8, 4) is 6.07 Å². The van der Waals surface area contributed by atoms with Gasteiger partial charge in [-0.05, 0) is 18.2 Å². The Kier molecular flexibility index (Phi) is 2.74. The second kappa shape index (κ2) is 4.36. The number of aromatic nitrogens is 2. The van der Waals surface area contributed by atoms with Crippen LogP contribution < -0.4 is 11.1 Å². The van der Waals surface area contributed by atoms with E-state index in [0.29, 0.717) is 17.8 Å². The van der Waals surface area contributed by atoms with E-state index in [0.717, 1.165) is 11.5 Å². The van der Waals surface area contributed by atoms with E-state index in [1.54, 1.807) is 24.5 Å². The fourth-order valence-corrected chi connectivity index (χ4v) is 1.35. The van der Waals surface area contributed by atoms with Crippen molar-refractivity contribution in [1.29, 1.82) is 5.26 Å². The van der Waals surface area contributed by atoms with Gasteiger partial charge in [-0.3, -0.25) is 0 Å².